The fourth-order valence-corrected chi connectivity index (χ4v) is 3.35. The summed E-state index contributed by atoms with van der Waals surface area (Å²) in [6.07, 6.45) is 4.26. The molecule has 0 amide bonds. The number of tetrazole rings is 1. The molecule has 12 heteroatoms. The third-order valence-electron chi connectivity index (χ3n) is 5.15. The van der Waals surface area contributed by atoms with Crippen LogP contribution in [0.2, 0.25) is 0 Å². The lowest BCUT2D eigenvalue weighted by atomic mass is 9.93. The summed E-state index contributed by atoms with van der Waals surface area (Å²) in [5.41, 5.74) is 0.179. The molecule has 0 N–H and O–H groups in total. The van der Waals surface area contributed by atoms with E-state index in [9.17, 15) is 9.59 Å². The van der Waals surface area contributed by atoms with Crippen LogP contribution in [0, 0.1) is 0 Å². The van der Waals surface area contributed by atoms with Gasteiger partial charge in [0.2, 0.25) is 0 Å². The fraction of sp³-hybridized carbons (Fsp3) is 0.438. The number of hydrogen-bond donors (Lipinski definition) is 0. The second kappa shape index (κ2) is 6.25. The molecule has 1 fully saturated rings. The van der Waals surface area contributed by atoms with Crippen LogP contribution < -0.4 is 11.1 Å². The van der Waals surface area contributed by atoms with Gasteiger partial charge in [0.05, 0.1) is 29.4 Å². The second-order valence-corrected chi connectivity index (χ2v) is 6.99. The zero-order valence-electron chi connectivity index (χ0n) is 15.0. The number of benzene rings is 1. The normalized spacial score (nSPS) is 15.8. The average Bonchev–Trinajstić information content (AvgIpc) is 3.15. The Morgan fingerprint density at radius 1 is 1.04 bits per heavy atom. The Labute approximate surface area is 156 Å². The first-order valence-electron chi connectivity index (χ1n) is 9.01. The molecule has 4 aromatic rings. The maximum absolute atomic E-state index is 12.9. The standard InChI is InChI=1S/C16H16N10O2/c1-9(7-24-18-8-17-21-24)25-15(27)11-5-14-12(6-13(11)19-22-25)16(28)26(23-20-14)10-3-2-4-10/h5-6,8-10H,2-4,7H2,1H3/t9-/m1/s1. The molecule has 0 saturated heterocycles. The first kappa shape index (κ1) is 16.6. The molecule has 1 saturated carbocycles. The molecule has 1 atom stereocenters. The van der Waals surface area contributed by atoms with E-state index in [-0.39, 0.29) is 23.2 Å². The molecule has 3 aromatic heterocycles. The first-order chi connectivity index (χ1) is 13.6. The zero-order chi connectivity index (χ0) is 19.3. The maximum Gasteiger partial charge on any atom is 0.277 e. The largest absolute Gasteiger partial charge is 0.277 e. The van der Waals surface area contributed by atoms with E-state index >= 15 is 0 Å². The van der Waals surface area contributed by atoms with Gasteiger partial charge in [0.25, 0.3) is 11.1 Å². The summed E-state index contributed by atoms with van der Waals surface area (Å²) in [6, 6.07) is 2.88. The summed E-state index contributed by atoms with van der Waals surface area (Å²) in [5.74, 6) is 0. The highest BCUT2D eigenvalue weighted by molar-refractivity contribution is 5.93. The molecule has 0 aliphatic heterocycles. The van der Waals surface area contributed by atoms with Gasteiger partial charge >= 0.3 is 0 Å². The molecule has 0 radical (unpaired) electrons. The van der Waals surface area contributed by atoms with Gasteiger partial charge in [-0.25, -0.2) is 9.36 Å². The van der Waals surface area contributed by atoms with Gasteiger partial charge in [0.1, 0.15) is 11.0 Å². The van der Waals surface area contributed by atoms with Crippen molar-refractivity contribution in [2.24, 2.45) is 0 Å². The van der Waals surface area contributed by atoms with Gasteiger partial charge in [-0.05, 0) is 43.5 Å². The Bertz CT molecular complexity index is 1290. The minimum atomic E-state index is -0.341. The van der Waals surface area contributed by atoms with E-state index in [2.05, 4.69) is 36.0 Å². The molecule has 5 rings (SSSR count). The van der Waals surface area contributed by atoms with Crippen LogP contribution in [0.3, 0.4) is 0 Å². The van der Waals surface area contributed by atoms with Gasteiger partial charge in [0.15, 0.2) is 6.33 Å². The van der Waals surface area contributed by atoms with E-state index < -0.39 is 0 Å². The van der Waals surface area contributed by atoms with Crippen molar-refractivity contribution in [3.05, 3.63) is 39.2 Å². The van der Waals surface area contributed by atoms with Crippen molar-refractivity contribution < 1.29 is 0 Å². The van der Waals surface area contributed by atoms with Crippen molar-refractivity contribution in [1.82, 2.24) is 50.2 Å². The Hall–Kier alpha value is -3.57. The zero-order valence-corrected chi connectivity index (χ0v) is 15.0. The summed E-state index contributed by atoms with van der Waals surface area (Å²) >= 11 is 0. The molecular formula is C16H16N10O2. The first-order valence-corrected chi connectivity index (χ1v) is 9.01. The van der Waals surface area contributed by atoms with E-state index in [1.165, 1.54) is 20.5 Å². The molecule has 1 aromatic carbocycles. The maximum atomic E-state index is 12.9. The van der Waals surface area contributed by atoms with Gasteiger partial charge in [-0.1, -0.05) is 10.4 Å². The smallest absolute Gasteiger partial charge is 0.267 e. The van der Waals surface area contributed by atoms with E-state index in [0.29, 0.717) is 28.4 Å². The fourth-order valence-electron chi connectivity index (χ4n) is 3.35. The van der Waals surface area contributed by atoms with Gasteiger partial charge in [0, 0.05) is 0 Å². The average molecular weight is 380 g/mol. The van der Waals surface area contributed by atoms with Gasteiger partial charge in [-0.15, -0.1) is 20.4 Å². The second-order valence-electron chi connectivity index (χ2n) is 6.99. The molecule has 28 heavy (non-hydrogen) atoms. The third kappa shape index (κ3) is 2.56. The molecule has 142 valence electrons. The molecule has 12 nitrogen and oxygen atoms in total. The highest BCUT2D eigenvalue weighted by Crippen LogP contribution is 2.29. The van der Waals surface area contributed by atoms with E-state index in [1.807, 2.05) is 6.92 Å². The molecule has 1 aliphatic rings. The van der Waals surface area contributed by atoms with Crippen molar-refractivity contribution >= 4 is 21.8 Å². The summed E-state index contributed by atoms with van der Waals surface area (Å²) < 4.78 is 2.69. The predicted octanol–water partition coefficient (Wildman–Crippen LogP) is -0.131. The summed E-state index contributed by atoms with van der Waals surface area (Å²) in [5, 5.41) is 28.5. The van der Waals surface area contributed by atoms with Crippen molar-refractivity contribution in [2.75, 3.05) is 0 Å². The van der Waals surface area contributed by atoms with E-state index in [1.54, 1.807) is 12.1 Å². The molecular weight excluding hydrogens is 364 g/mol. The van der Waals surface area contributed by atoms with Crippen LogP contribution in [-0.4, -0.2) is 50.2 Å². The Morgan fingerprint density at radius 2 is 1.75 bits per heavy atom. The van der Waals surface area contributed by atoms with Crippen LogP contribution in [0.1, 0.15) is 38.3 Å². The van der Waals surface area contributed by atoms with Crippen LogP contribution in [-0.2, 0) is 6.54 Å². The van der Waals surface area contributed by atoms with Crippen LogP contribution in [0.15, 0.2) is 28.0 Å². The van der Waals surface area contributed by atoms with Crippen molar-refractivity contribution in [3.8, 4) is 0 Å². The predicted molar refractivity (Wildman–Crippen MR) is 96.6 cm³/mol. The highest BCUT2D eigenvalue weighted by atomic mass is 16.1. The number of hydrogen-bond acceptors (Lipinski definition) is 9. The topological polar surface area (TPSA) is 139 Å². The molecule has 3 heterocycles. The number of fused-ring (bicyclic) bond motifs is 2. The number of aromatic nitrogens is 10. The Morgan fingerprint density at radius 3 is 2.39 bits per heavy atom. The number of rotatable bonds is 4. The van der Waals surface area contributed by atoms with E-state index in [4.69, 9.17) is 0 Å². The van der Waals surface area contributed by atoms with Gasteiger partial charge in [-0.3, -0.25) is 9.59 Å². The number of nitrogens with zero attached hydrogens (tertiary/aromatic N) is 10. The highest BCUT2D eigenvalue weighted by Gasteiger charge is 2.23. The van der Waals surface area contributed by atoms with Crippen LogP contribution in [0.25, 0.3) is 21.8 Å². The quantitative estimate of drug-likeness (QED) is 0.443. The lowest BCUT2D eigenvalue weighted by Gasteiger charge is -2.25. The lowest BCUT2D eigenvalue weighted by molar-refractivity contribution is 0.272. The van der Waals surface area contributed by atoms with Gasteiger partial charge < -0.3 is 0 Å². The summed E-state index contributed by atoms with van der Waals surface area (Å²) in [7, 11) is 0. The summed E-state index contributed by atoms with van der Waals surface area (Å²) in [6.45, 7) is 2.13. The Balaban J connectivity index is 1.61. The molecule has 0 spiro atoms. The van der Waals surface area contributed by atoms with Gasteiger partial charge in [-0.2, -0.15) is 4.80 Å². The van der Waals surface area contributed by atoms with Crippen molar-refractivity contribution in [1.29, 1.82) is 0 Å². The van der Waals surface area contributed by atoms with Crippen molar-refractivity contribution in [3.63, 3.8) is 0 Å². The molecule has 1 aliphatic carbocycles. The minimum absolute atomic E-state index is 0.102. The molecule has 0 bridgehead atoms. The lowest BCUT2D eigenvalue weighted by Crippen LogP contribution is -2.32. The Kier molecular flexibility index (Phi) is 3.70. The van der Waals surface area contributed by atoms with E-state index in [0.717, 1.165) is 19.3 Å². The summed E-state index contributed by atoms with van der Waals surface area (Å²) in [4.78, 5) is 27.0. The minimum Gasteiger partial charge on any atom is -0.267 e. The molecule has 0 unspecified atom stereocenters. The van der Waals surface area contributed by atoms with Crippen LogP contribution in [0.5, 0.6) is 0 Å². The monoisotopic (exact) mass is 380 g/mol. The van der Waals surface area contributed by atoms with Crippen LogP contribution in [0.4, 0.5) is 0 Å². The van der Waals surface area contributed by atoms with Crippen LogP contribution >= 0.6 is 0 Å². The SMILES string of the molecule is C[C@H](Cn1ncnn1)n1nnc2cc3c(=O)n(C4CCC4)nnc3cc2c1=O. The van der Waals surface area contributed by atoms with Crippen molar-refractivity contribution in [2.45, 2.75) is 44.8 Å². The third-order valence-corrected chi connectivity index (χ3v) is 5.15.